The fraction of sp³-hybridized carbons (Fsp3) is 0.333. The number of allylic oxidation sites excluding steroid dienone is 2. The minimum atomic E-state index is -3.85. The van der Waals surface area contributed by atoms with Crippen molar-refractivity contribution >= 4 is 10.1 Å². The molecule has 4 heteroatoms. The molecule has 0 aromatic rings. The molecule has 0 fully saturated rings. The molecule has 0 spiro atoms. The van der Waals surface area contributed by atoms with Crippen molar-refractivity contribution in [1.29, 1.82) is 0 Å². The first-order chi connectivity index (χ1) is 4.42. The minimum absolute atomic E-state index is 0.347. The Labute approximate surface area is 60.8 Å². The molecule has 0 rings (SSSR count). The van der Waals surface area contributed by atoms with Gasteiger partial charge in [-0.3, -0.25) is 4.55 Å². The third-order valence-corrected chi connectivity index (χ3v) is 1.32. The van der Waals surface area contributed by atoms with E-state index in [0.29, 0.717) is 0 Å². The van der Waals surface area contributed by atoms with Crippen LogP contribution >= 0.6 is 0 Å². The van der Waals surface area contributed by atoms with Crippen molar-refractivity contribution < 1.29 is 13.0 Å². The SMILES string of the molecule is C=C(C)C=CCS(=O)(=O)O. The molecule has 0 aromatic carbocycles. The number of hydrogen-bond acceptors (Lipinski definition) is 2. The summed E-state index contributed by atoms with van der Waals surface area (Å²) < 4.78 is 28.4. The van der Waals surface area contributed by atoms with Gasteiger partial charge in [0.1, 0.15) is 0 Å². The Bertz CT molecular complexity index is 236. The highest BCUT2D eigenvalue weighted by molar-refractivity contribution is 7.85. The van der Waals surface area contributed by atoms with Crippen molar-refractivity contribution in [2.75, 3.05) is 5.75 Å². The van der Waals surface area contributed by atoms with Gasteiger partial charge in [-0.15, -0.1) is 0 Å². The molecule has 0 aliphatic rings. The molecule has 0 unspecified atom stereocenters. The highest BCUT2D eigenvalue weighted by atomic mass is 32.2. The fourth-order valence-corrected chi connectivity index (χ4v) is 0.710. The zero-order valence-corrected chi connectivity index (χ0v) is 6.56. The van der Waals surface area contributed by atoms with Gasteiger partial charge in [0.05, 0.1) is 5.75 Å². The molecule has 0 aromatic heterocycles. The standard InChI is InChI=1S/C6H10O3S/c1-6(2)4-3-5-10(7,8)9/h3-4H,1,5H2,2H3,(H,7,8,9). The molecular formula is C6H10O3S. The summed E-state index contributed by atoms with van der Waals surface area (Å²) in [6.07, 6.45) is 2.88. The van der Waals surface area contributed by atoms with Crippen LogP contribution in [0.15, 0.2) is 24.3 Å². The van der Waals surface area contributed by atoms with Crippen LogP contribution in [0.3, 0.4) is 0 Å². The molecule has 0 heterocycles. The molecule has 0 amide bonds. The molecule has 10 heavy (non-hydrogen) atoms. The van der Waals surface area contributed by atoms with Crippen LogP contribution in [-0.4, -0.2) is 18.7 Å². The Morgan fingerprint density at radius 2 is 2.20 bits per heavy atom. The molecule has 0 aliphatic carbocycles. The van der Waals surface area contributed by atoms with Crippen LogP contribution < -0.4 is 0 Å². The van der Waals surface area contributed by atoms with Crippen molar-refractivity contribution in [3.8, 4) is 0 Å². The molecule has 0 aliphatic heterocycles. The average Bonchev–Trinajstić information content (AvgIpc) is 1.59. The lowest BCUT2D eigenvalue weighted by Crippen LogP contribution is -1.99. The first-order valence-corrected chi connectivity index (χ1v) is 4.30. The fourth-order valence-electron chi connectivity index (χ4n) is 0.371. The van der Waals surface area contributed by atoms with Crippen LogP contribution in [0, 0.1) is 0 Å². The van der Waals surface area contributed by atoms with Gasteiger partial charge in [0, 0.05) is 0 Å². The second-order valence-corrected chi connectivity index (χ2v) is 3.49. The third-order valence-electron chi connectivity index (χ3n) is 0.709. The van der Waals surface area contributed by atoms with E-state index in [1.54, 1.807) is 6.92 Å². The van der Waals surface area contributed by atoms with Gasteiger partial charge in [-0.05, 0) is 6.92 Å². The van der Waals surface area contributed by atoms with E-state index >= 15 is 0 Å². The monoisotopic (exact) mass is 162 g/mol. The Hall–Kier alpha value is -0.610. The van der Waals surface area contributed by atoms with Gasteiger partial charge in [-0.2, -0.15) is 8.42 Å². The van der Waals surface area contributed by atoms with E-state index in [2.05, 4.69) is 6.58 Å². The molecule has 0 atom stereocenters. The normalized spacial score (nSPS) is 12.2. The smallest absolute Gasteiger partial charge is 0.268 e. The zero-order chi connectivity index (χ0) is 8.20. The van der Waals surface area contributed by atoms with E-state index in [0.717, 1.165) is 5.57 Å². The van der Waals surface area contributed by atoms with Gasteiger partial charge in [0.2, 0.25) is 0 Å². The van der Waals surface area contributed by atoms with Crippen molar-refractivity contribution in [3.05, 3.63) is 24.3 Å². The van der Waals surface area contributed by atoms with E-state index in [9.17, 15) is 8.42 Å². The van der Waals surface area contributed by atoms with Gasteiger partial charge in [-0.25, -0.2) is 0 Å². The molecule has 58 valence electrons. The van der Waals surface area contributed by atoms with Crippen molar-refractivity contribution in [1.82, 2.24) is 0 Å². The molecular weight excluding hydrogens is 152 g/mol. The third kappa shape index (κ3) is 7.39. The largest absolute Gasteiger partial charge is 0.285 e. The number of rotatable bonds is 3. The second-order valence-electron chi connectivity index (χ2n) is 2.00. The van der Waals surface area contributed by atoms with Gasteiger partial charge in [0.15, 0.2) is 0 Å². The van der Waals surface area contributed by atoms with Crippen molar-refractivity contribution in [2.24, 2.45) is 0 Å². The van der Waals surface area contributed by atoms with Gasteiger partial charge in [-0.1, -0.05) is 24.3 Å². The summed E-state index contributed by atoms with van der Waals surface area (Å²) in [7, 11) is -3.85. The summed E-state index contributed by atoms with van der Waals surface area (Å²) in [5.41, 5.74) is 0.753. The van der Waals surface area contributed by atoms with Gasteiger partial charge in [0.25, 0.3) is 10.1 Å². The van der Waals surface area contributed by atoms with E-state index in [1.165, 1.54) is 12.2 Å². The predicted molar refractivity (Wildman–Crippen MR) is 40.4 cm³/mol. The number of hydrogen-bond donors (Lipinski definition) is 1. The second kappa shape index (κ2) is 3.53. The lowest BCUT2D eigenvalue weighted by Gasteiger charge is -1.87. The maximum absolute atomic E-state index is 10.1. The Kier molecular flexibility index (Phi) is 3.32. The highest BCUT2D eigenvalue weighted by Gasteiger charge is 1.97. The van der Waals surface area contributed by atoms with E-state index < -0.39 is 10.1 Å². The van der Waals surface area contributed by atoms with Crippen LogP contribution in [0.1, 0.15) is 6.92 Å². The summed E-state index contributed by atoms with van der Waals surface area (Å²) >= 11 is 0. The van der Waals surface area contributed by atoms with Crippen LogP contribution in [0.2, 0.25) is 0 Å². The van der Waals surface area contributed by atoms with Crippen LogP contribution in [0.25, 0.3) is 0 Å². The zero-order valence-electron chi connectivity index (χ0n) is 5.74. The lowest BCUT2D eigenvalue weighted by atomic mass is 10.3. The van der Waals surface area contributed by atoms with Crippen molar-refractivity contribution in [3.63, 3.8) is 0 Å². The summed E-state index contributed by atoms with van der Waals surface area (Å²) in [4.78, 5) is 0. The van der Waals surface area contributed by atoms with Gasteiger partial charge < -0.3 is 0 Å². The molecule has 0 saturated heterocycles. The quantitative estimate of drug-likeness (QED) is 0.497. The summed E-state index contributed by atoms with van der Waals surface area (Å²) in [6.45, 7) is 5.25. The van der Waals surface area contributed by atoms with Gasteiger partial charge >= 0.3 is 0 Å². The topological polar surface area (TPSA) is 54.4 Å². The molecule has 0 radical (unpaired) electrons. The summed E-state index contributed by atoms with van der Waals surface area (Å²) in [5, 5.41) is 0. The molecule has 0 saturated carbocycles. The molecule has 0 bridgehead atoms. The van der Waals surface area contributed by atoms with E-state index in [-0.39, 0.29) is 5.75 Å². The summed E-state index contributed by atoms with van der Waals surface area (Å²) in [6, 6.07) is 0. The Morgan fingerprint density at radius 3 is 2.50 bits per heavy atom. The minimum Gasteiger partial charge on any atom is -0.285 e. The van der Waals surface area contributed by atoms with E-state index in [1.807, 2.05) is 0 Å². The highest BCUT2D eigenvalue weighted by Crippen LogP contribution is 1.90. The van der Waals surface area contributed by atoms with E-state index in [4.69, 9.17) is 4.55 Å². The van der Waals surface area contributed by atoms with Crippen LogP contribution in [0.4, 0.5) is 0 Å². The molecule has 3 nitrogen and oxygen atoms in total. The first kappa shape index (κ1) is 9.39. The van der Waals surface area contributed by atoms with Crippen LogP contribution in [0.5, 0.6) is 0 Å². The molecule has 1 N–H and O–H groups in total. The van der Waals surface area contributed by atoms with Crippen molar-refractivity contribution in [2.45, 2.75) is 6.92 Å². The lowest BCUT2D eigenvalue weighted by molar-refractivity contribution is 0.487. The predicted octanol–water partition coefficient (Wildman–Crippen LogP) is 1.01. The van der Waals surface area contributed by atoms with Crippen LogP contribution in [-0.2, 0) is 10.1 Å². The Balaban J connectivity index is 3.88. The maximum Gasteiger partial charge on any atom is 0.268 e. The first-order valence-electron chi connectivity index (χ1n) is 2.69. The Morgan fingerprint density at radius 1 is 1.70 bits per heavy atom. The summed E-state index contributed by atoms with van der Waals surface area (Å²) in [5.74, 6) is -0.347. The average molecular weight is 162 g/mol. The maximum atomic E-state index is 10.1.